The van der Waals surface area contributed by atoms with Crippen molar-refractivity contribution in [1.82, 2.24) is 0 Å². The van der Waals surface area contributed by atoms with Gasteiger partial charge >= 0.3 is 51.4 Å². The number of hydrogen-bond acceptors (Lipinski definition) is 4. The molecule has 4 nitrogen and oxygen atoms in total. The number of benzene rings is 2. The molecule has 2 rings (SSSR count). The van der Waals surface area contributed by atoms with Crippen LogP contribution in [0, 0.1) is 29.4 Å². The van der Waals surface area contributed by atoms with E-state index in [4.69, 9.17) is 0 Å². The second-order valence-corrected chi connectivity index (χ2v) is 9.32. The largest absolute Gasteiger partial charge is 1.00 e. The van der Waals surface area contributed by atoms with Crippen LogP contribution in [0.2, 0.25) is 0 Å². The van der Waals surface area contributed by atoms with Gasteiger partial charge in [-0.1, -0.05) is 55.8 Å². The number of ketones is 4. The molecule has 202 valence electrons. The van der Waals surface area contributed by atoms with Gasteiger partial charge in [0.25, 0.3) is 0 Å². The molecule has 0 fully saturated rings. The van der Waals surface area contributed by atoms with E-state index in [1.54, 1.807) is 39.8 Å². The number of hydrogen-bond donors (Lipinski definition) is 0. The minimum atomic E-state index is -0.715. The first-order valence-electron chi connectivity index (χ1n) is 11.8. The molecule has 1 atom stereocenters. The van der Waals surface area contributed by atoms with Crippen molar-refractivity contribution < 1.29 is 80.8 Å². The van der Waals surface area contributed by atoms with Gasteiger partial charge in [-0.05, 0) is 55.0 Å². The van der Waals surface area contributed by atoms with Crippen LogP contribution in [0.25, 0.3) is 0 Å². The third-order valence-corrected chi connectivity index (χ3v) is 5.47. The third-order valence-electron chi connectivity index (χ3n) is 5.01. The maximum atomic E-state index is 12.8. The molecular weight excluding hydrogens is 581 g/mol. The summed E-state index contributed by atoms with van der Waals surface area (Å²) in [6, 6.07) is 10.5. The predicted octanol–water partition coefficient (Wildman–Crippen LogP) is 4.73. The summed E-state index contributed by atoms with van der Waals surface area (Å²) < 4.78 is 25.4. The summed E-state index contributed by atoms with van der Waals surface area (Å²) in [5.41, 5.74) is 0.739. The van der Waals surface area contributed by atoms with Crippen LogP contribution >= 0.6 is 15.9 Å². The molecule has 0 bridgehead atoms. The zero-order valence-electron chi connectivity index (χ0n) is 23.8. The number of alkyl halides is 1. The van der Waals surface area contributed by atoms with Crippen LogP contribution in [0.15, 0.2) is 73.8 Å². The van der Waals surface area contributed by atoms with Crippen molar-refractivity contribution in [2.75, 3.05) is 5.33 Å². The minimum absolute atomic E-state index is 0. The number of halogens is 3. The molecule has 0 N–H and O–H groups in total. The molecule has 0 saturated heterocycles. The summed E-state index contributed by atoms with van der Waals surface area (Å²) in [5.74, 6) is -2.58. The van der Waals surface area contributed by atoms with Crippen LogP contribution in [0.3, 0.4) is 0 Å². The van der Waals surface area contributed by atoms with Gasteiger partial charge in [0.05, 0.1) is 12.3 Å². The summed E-state index contributed by atoms with van der Waals surface area (Å²) in [6.45, 7) is 14.0. The van der Waals surface area contributed by atoms with Crippen molar-refractivity contribution in [1.29, 1.82) is 0 Å². The molecule has 38 heavy (non-hydrogen) atoms. The normalized spacial score (nSPS) is 10.6. The van der Waals surface area contributed by atoms with Crippen molar-refractivity contribution in [3.8, 4) is 0 Å². The zero-order valence-corrected chi connectivity index (χ0v) is 27.5. The summed E-state index contributed by atoms with van der Waals surface area (Å²) in [5, 5.41) is 0.896. The van der Waals surface area contributed by atoms with Crippen LogP contribution in [0.5, 0.6) is 0 Å². The van der Waals surface area contributed by atoms with Gasteiger partial charge in [-0.3, -0.25) is 19.2 Å². The zero-order chi connectivity index (χ0) is 28.5. The van der Waals surface area contributed by atoms with Crippen molar-refractivity contribution in [2.24, 2.45) is 17.8 Å². The monoisotopic (exact) mass is 617 g/mol. The molecule has 2 aromatic rings. The van der Waals surface area contributed by atoms with E-state index in [1.807, 2.05) is 0 Å². The Kier molecular flexibility index (Phi) is 21.8. The van der Waals surface area contributed by atoms with Crippen molar-refractivity contribution in [3.63, 3.8) is 0 Å². The Balaban J connectivity index is -0.000000564. The fourth-order valence-corrected chi connectivity index (χ4v) is 2.84. The Morgan fingerprint density at radius 2 is 1.24 bits per heavy atom. The standard InChI is InChI=1S/C15H17FO2.C12H13FO2.C3H5Br.K.H/c1-4-5-13(14(17)10(2)3)15(18)11-6-8-12(16)9-7-11;1-8(2)11(14)7-12(15)9-3-5-10(13)6-4-9;1-2-3-4;;/h4,6-10,13H,1,5H2,2-3H3;3-6,8H,7H2,1-2H3;2H,1,3H2;;/q;;;+1;-1/i;;;;1+1. The molecule has 0 aliphatic carbocycles. The molecule has 0 aliphatic heterocycles. The third kappa shape index (κ3) is 15.2. The van der Waals surface area contributed by atoms with Crippen LogP contribution in [-0.2, 0) is 9.59 Å². The quantitative estimate of drug-likeness (QED) is 0.120. The molecule has 0 aromatic heterocycles. The van der Waals surface area contributed by atoms with E-state index in [1.165, 1.54) is 48.5 Å². The number of carbonyl (C=O) groups is 4. The van der Waals surface area contributed by atoms with E-state index >= 15 is 0 Å². The topological polar surface area (TPSA) is 68.3 Å². The number of carbonyl (C=O) groups excluding carboxylic acids is 4. The van der Waals surface area contributed by atoms with E-state index < -0.39 is 11.7 Å². The fourth-order valence-electron chi connectivity index (χ4n) is 2.84. The maximum Gasteiger partial charge on any atom is 1.00 e. The number of rotatable bonds is 11. The second kappa shape index (κ2) is 21.4. The van der Waals surface area contributed by atoms with Crippen molar-refractivity contribution in [2.45, 2.75) is 40.5 Å². The molecule has 0 radical (unpaired) electrons. The molecule has 0 spiro atoms. The number of Topliss-reactive ketones (excluding diaryl/α,β-unsaturated/α-hetero) is 4. The Hall–Kier alpha value is -1.42. The minimum Gasteiger partial charge on any atom is -1.00 e. The smallest absolute Gasteiger partial charge is 1.00 e. The van der Waals surface area contributed by atoms with Gasteiger partial charge in [-0.15, -0.1) is 13.2 Å². The van der Waals surface area contributed by atoms with Gasteiger partial charge in [0.1, 0.15) is 23.2 Å². The SMILES string of the molecule is C=CCBr.C=CCC(C(=O)c1ccc(F)cc1)C(=O)C(C)C.CC(C)C(=O)CC(=O)c1ccc(F)cc1.[2H-].[K+]. The Morgan fingerprint density at radius 1 is 0.816 bits per heavy atom. The first-order valence-corrected chi connectivity index (χ1v) is 12.9. The van der Waals surface area contributed by atoms with E-state index in [2.05, 4.69) is 29.1 Å². The Bertz CT molecular complexity index is 1060. The summed E-state index contributed by atoms with van der Waals surface area (Å²) in [7, 11) is 0. The first kappa shape index (κ1) is 38.7. The van der Waals surface area contributed by atoms with Gasteiger partial charge in [-0.2, -0.15) is 0 Å². The predicted molar refractivity (Wildman–Crippen MR) is 149 cm³/mol. The van der Waals surface area contributed by atoms with E-state index in [0.29, 0.717) is 17.5 Å². The molecule has 2 aromatic carbocycles. The Morgan fingerprint density at radius 3 is 1.58 bits per heavy atom. The second-order valence-electron chi connectivity index (χ2n) is 8.68. The van der Waals surface area contributed by atoms with Gasteiger partial charge in [0.15, 0.2) is 11.6 Å². The molecule has 1 unspecified atom stereocenters. The Labute approximate surface area is 277 Å². The van der Waals surface area contributed by atoms with E-state index in [0.717, 1.165) is 5.33 Å². The molecule has 0 aliphatic rings. The van der Waals surface area contributed by atoms with Crippen molar-refractivity contribution in [3.05, 3.63) is 96.6 Å². The van der Waals surface area contributed by atoms with E-state index in [-0.39, 0.29) is 100 Å². The molecule has 0 saturated carbocycles. The van der Waals surface area contributed by atoms with Crippen LogP contribution < -0.4 is 51.4 Å². The molecule has 8 heteroatoms. The van der Waals surface area contributed by atoms with Crippen molar-refractivity contribution >= 4 is 39.1 Å². The van der Waals surface area contributed by atoms with Gasteiger partial charge in [-0.25, -0.2) is 8.78 Å². The van der Waals surface area contributed by atoms with Crippen LogP contribution in [0.1, 0.15) is 62.7 Å². The molecule has 0 heterocycles. The average Bonchev–Trinajstić information content (AvgIpc) is 2.87. The fraction of sp³-hybridized carbons (Fsp3) is 0.333. The van der Waals surface area contributed by atoms with Crippen LogP contribution in [0.4, 0.5) is 8.78 Å². The van der Waals surface area contributed by atoms with Gasteiger partial charge < -0.3 is 1.43 Å². The summed E-state index contributed by atoms with van der Waals surface area (Å²) in [4.78, 5) is 47.0. The van der Waals surface area contributed by atoms with E-state index in [9.17, 15) is 28.0 Å². The summed E-state index contributed by atoms with van der Waals surface area (Å²) >= 11 is 3.13. The molecular formula is C30H36BrF2KO4. The first-order chi connectivity index (χ1) is 17.4. The van der Waals surface area contributed by atoms with Gasteiger partial charge in [0, 0.05) is 28.3 Å². The summed E-state index contributed by atoms with van der Waals surface area (Å²) in [6.07, 6.45) is 3.56. The van der Waals surface area contributed by atoms with Gasteiger partial charge in [0.2, 0.25) is 0 Å². The maximum absolute atomic E-state index is 12.8. The molecule has 0 amide bonds. The average molecular weight is 619 g/mol. The number of allylic oxidation sites excluding steroid dienone is 2. The van der Waals surface area contributed by atoms with Crippen LogP contribution in [-0.4, -0.2) is 28.5 Å².